The maximum atomic E-state index is 14.7. The lowest BCUT2D eigenvalue weighted by molar-refractivity contribution is -0.211. The third-order valence-electron chi connectivity index (χ3n) is 9.10. The molecule has 1 saturated carbocycles. The molecule has 1 aliphatic rings. The molecule has 0 amide bonds. The summed E-state index contributed by atoms with van der Waals surface area (Å²) < 4.78 is 71.7. The van der Waals surface area contributed by atoms with E-state index in [-0.39, 0.29) is 33.0 Å². The zero-order valence-corrected chi connectivity index (χ0v) is 32.2. The van der Waals surface area contributed by atoms with Gasteiger partial charge in [0.25, 0.3) is 0 Å². The molecule has 1 aliphatic carbocycles. The van der Waals surface area contributed by atoms with E-state index in [0.29, 0.717) is 22.3 Å². The van der Waals surface area contributed by atoms with Gasteiger partial charge in [-0.05, 0) is 27.8 Å². The molecule has 2 N–H and O–H groups in total. The lowest BCUT2D eigenvalue weighted by Crippen LogP contribution is -2.62. The third kappa shape index (κ3) is 11.9. The number of hydrogen-bond donors (Lipinski definition) is 2. The zero-order valence-electron chi connectivity index (χ0n) is 30.4. The minimum atomic E-state index is -4.58. The van der Waals surface area contributed by atoms with Crippen molar-refractivity contribution in [3.8, 4) is 0 Å². The molecule has 13 heteroatoms. The van der Waals surface area contributed by atoms with E-state index in [1.54, 1.807) is 79.7 Å². The van der Waals surface area contributed by atoms with E-state index in [1.165, 1.54) is 0 Å². The quantitative estimate of drug-likeness (QED) is 0.0777. The Morgan fingerprint density at radius 3 is 1.02 bits per heavy atom. The lowest BCUT2D eigenvalue weighted by Gasteiger charge is -2.46. The highest BCUT2D eigenvalue weighted by molar-refractivity contribution is 7.48. The maximum Gasteiger partial charge on any atom is 0.475 e. The summed E-state index contributed by atoms with van der Waals surface area (Å²) in [6.07, 6.45) is -7.44. The molecule has 0 radical (unpaired) electrons. The summed E-state index contributed by atoms with van der Waals surface area (Å²) in [5.74, 6) is -0.849. The Labute approximate surface area is 322 Å². The summed E-state index contributed by atoms with van der Waals surface area (Å²) in [6.45, 7) is 1.16. The first-order chi connectivity index (χ1) is 26.7. The van der Waals surface area contributed by atoms with E-state index in [2.05, 4.69) is 0 Å². The molecule has 0 saturated heterocycles. The minimum Gasteiger partial charge on any atom is -0.388 e. The topological polar surface area (TPSA) is 139 Å². The molecular weight excluding hydrogens is 742 g/mol. The molecule has 290 valence electrons. The Morgan fingerprint density at radius 2 is 0.691 bits per heavy atom. The molecule has 5 aromatic carbocycles. The minimum absolute atomic E-state index is 0.0867. The van der Waals surface area contributed by atoms with Crippen molar-refractivity contribution in [3.05, 3.63) is 179 Å². The fourth-order valence-electron chi connectivity index (χ4n) is 6.08. The average Bonchev–Trinajstić information content (AvgIpc) is 3.23. The Hall–Kier alpha value is -3.80. The van der Waals surface area contributed by atoms with Gasteiger partial charge in [-0.2, -0.15) is 0 Å². The molecule has 1 fully saturated rings. The molecule has 6 atom stereocenters. The van der Waals surface area contributed by atoms with Gasteiger partial charge in [0.05, 0.1) is 39.1 Å². The van der Waals surface area contributed by atoms with Gasteiger partial charge in [0.1, 0.15) is 24.4 Å². The number of aliphatic hydroxyl groups is 2. The van der Waals surface area contributed by atoms with Gasteiger partial charge < -0.3 is 14.9 Å². The number of hydrogen-bond acceptors (Lipinski definition) is 11. The number of phosphoric acid groups is 2. The first-order valence-corrected chi connectivity index (χ1v) is 20.9. The molecule has 6 unspecified atom stereocenters. The smallest absolute Gasteiger partial charge is 0.388 e. The van der Waals surface area contributed by atoms with Gasteiger partial charge in [-0.1, -0.05) is 159 Å². The van der Waals surface area contributed by atoms with Crippen LogP contribution in [-0.4, -0.2) is 40.7 Å². The second-order valence-electron chi connectivity index (χ2n) is 13.2. The number of ether oxygens (including phenoxy) is 1. The van der Waals surface area contributed by atoms with E-state index in [1.807, 2.05) is 78.9 Å². The predicted octanol–water partition coefficient (Wildman–Crippen LogP) is 8.80. The van der Waals surface area contributed by atoms with Crippen molar-refractivity contribution in [1.29, 1.82) is 0 Å². The molecule has 0 aliphatic heterocycles. The fraction of sp³-hybridized carbons (Fsp3) is 0.286. The van der Waals surface area contributed by atoms with Gasteiger partial charge >= 0.3 is 15.6 Å². The van der Waals surface area contributed by atoms with E-state index in [9.17, 15) is 19.3 Å². The molecule has 5 aromatic rings. The highest BCUT2D eigenvalue weighted by Crippen LogP contribution is 2.58. The largest absolute Gasteiger partial charge is 0.475 e. The van der Waals surface area contributed by atoms with Crippen molar-refractivity contribution in [2.75, 3.05) is 0 Å². The van der Waals surface area contributed by atoms with E-state index in [4.69, 9.17) is 31.9 Å². The van der Waals surface area contributed by atoms with Crippen molar-refractivity contribution in [2.45, 2.75) is 70.5 Å². The van der Waals surface area contributed by atoms with Crippen LogP contribution in [0.2, 0.25) is 0 Å². The highest BCUT2D eigenvalue weighted by Gasteiger charge is 2.55. The molecule has 11 nitrogen and oxygen atoms in total. The standard InChI is InChI=1S/C42H46O11P2/c1-32-40(47-27-33-17-7-2-8-18-33)38(43)39(44)42(53-55(46,50-30-36-23-13-5-14-24-36)51-31-37-25-15-6-16-26-37)41(32)52-54(45,48-28-34-19-9-3-10-20-34)49-29-35-21-11-4-12-22-35/h2-26,32,38-44H,27-31H2,1H3. The molecule has 6 rings (SSSR count). The lowest BCUT2D eigenvalue weighted by atomic mass is 9.79. The second-order valence-corrected chi connectivity index (χ2v) is 16.4. The van der Waals surface area contributed by atoms with Gasteiger partial charge in [0.15, 0.2) is 0 Å². The van der Waals surface area contributed by atoms with Crippen molar-refractivity contribution >= 4 is 15.6 Å². The van der Waals surface area contributed by atoms with Gasteiger partial charge in [-0.3, -0.25) is 27.1 Å². The van der Waals surface area contributed by atoms with Crippen LogP contribution >= 0.6 is 15.6 Å². The molecule has 0 spiro atoms. The first kappa shape index (κ1) is 40.9. The van der Waals surface area contributed by atoms with Crippen LogP contribution in [0.5, 0.6) is 0 Å². The van der Waals surface area contributed by atoms with Crippen LogP contribution in [0, 0.1) is 5.92 Å². The summed E-state index contributed by atoms with van der Waals surface area (Å²) in [4.78, 5) is 0. The summed E-state index contributed by atoms with van der Waals surface area (Å²) >= 11 is 0. The number of phosphoric ester groups is 2. The van der Waals surface area contributed by atoms with E-state index < -0.39 is 52.1 Å². The molecule has 0 heterocycles. The van der Waals surface area contributed by atoms with Crippen LogP contribution in [0.4, 0.5) is 0 Å². The summed E-state index contributed by atoms with van der Waals surface area (Å²) in [5, 5.41) is 23.4. The molecule has 55 heavy (non-hydrogen) atoms. The zero-order chi connectivity index (χ0) is 38.5. The van der Waals surface area contributed by atoms with Crippen LogP contribution in [0.3, 0.4) is 0 Å². The maximum absolute atomic E-state index is 14.7. The van der Waals surface area contributed by atoms with Crippen LogP contribution < -0.4 is 0 Å². The van der Waals surface area contributed by atoms with E-state index in [0.717, 1.165) is 5.56 Å². The fourth-order valence-corrected chi connectivity index (χ4v) is 8.86. The summed E-state index contributed by atoms with van der Waals surface area (Å²) in [5.41, 5.74) is 3.59. The number of rotatable bonds is 19. The van der Waals surface area contributed by atoms with Crippen LogP contribution in [0.25, 0.3) is 0 Å². The van der Waals surface area contributed by atoms with Gasteiger partial charge in [-0.25, -0.2) is 9.13 Å². The van der Waals surface area contributed by atoms with E-state index >= 15 is 0 Å². The Balaban J connectivity index is 1.32. The number of aliphatic hydroxyl groups excluding tert-OH is 2. The Bertz CT molecular complexity index is 1860. The summed E-state index contributed by atoms with van der Waals surface area (Å²) in [7, 11) is -9.12. The molecule has 0 aromatic heterocycles. The van der Waals surface area contributed by atoms with Gasteiger partial charge in [-0.15, -0.1) is 0 Å². The Morgan fingerprint density at radius 1 is 0.418 bits per heavy atom. The monoisotopic (exact) mass is 788 g/mol. The highest BCUT2D eigenvalue weighted by atomic mass is 31.2. The van der Waals surface area contributed by atoms with Crippen LogP contribution in [0.1, 0.15) is 34.7 Å². The van der Waals surface area contributed by atoms with Crippen molar-refractivity contribution in [1.82, 2.24) is 0 Å². The Kier molecular flexibility index (Phi) is 14.8. The van der Waals surface area contributed by atoms with Crippen molar-refractivity contribution in [2.24, 2.45) is 5.92 Å². The molecule has 0 bridgehead atoms. The van der Waals surface area contributed by atoms with Crippen molar-refractivity contribution < 1.29 is 51.2 Å². The van der Waals surface area contributed by atoms with Gasteiger partial charge in [0, 0.05) is 5.92 Å². The van der Waals surface area contributed by atoms with Gasteiger partial charge in [0.2, 0.25) is 0 Å². The van der Waals surface area contributed by atoms with Crippen LogP contribution in [-0.2, 0) is 74.0 Å². The average molecular weight is 789 g/mol. The predicted molar refractivity (Wildman–Crippen MR) is 206 cm³/mol. The van der Waals surface area contributed by atoms with Crippen molar-refractivity contribution in [3.63, 3.8) is 0 Å². The summed E-state index contributed by atoms with van der Waals surface area (Å²) in [6, 6.07) is 45.5. The number of benzene rings is 5. The normalized spacial score (nSPS) is 21.7. The molecular formula is C42H46O11P2. The third-order valence-corrected chi connectivity index (χ3v) is 11.9. The second kappa shape index (κ2) is 19.9. The SMILES string of the molecule is CC1C(OCc2ccccc2)C(O)C(O)C(OP(=O)(OCc2ccccc2)OCc2ccccc2)C1OP(=O)(OCc1ccccc1)OCc1ccccc1. The first-order valence-electron chi connectivity index (χ1n) is 18.0. The van der Waals surface area contributed by atoms with Crippen LogP contribution in [0.15, 0.2) is 152 Å².